The standard InChI is InChI=1S/C13H9ClF3NO4/c1-6-5-8(18-22-6)10-9(21-13(15,16)17)4-3-7(11(10)14)12(19)20-2/h3-5H,1-2H3. The summed E-state index contributed by atoms with van der Waals surface area (Å²) in [5.74, 6) is -1.05. The maximum Gasteiger partial charge on any atom is 0.573 e. The Hall–Kier alpha value is -2.22. The van der Waals surface area contributed by atoms with E-state index >= 15 is 0 Å². The average Bonchev–Trinajstić information content (AvgIpc) is 2.82. The summed E-state index contributed by atoms with van der Waals surface area (Å²) in [6.45, 7) is 1.55. The van der Waals surface area contributed by atoms with E-state index in [4.69, 9.17) is 16.1 Å². The summed E-state index contributed by atoms with van der Waals surface area (Å²) in [6, 6.07) is 3.40. The van der Waals surface area contributed by atoms with E-state index in [0.29, 0.717) is 5.76 Å². The molecule has 0 aliphatic carbocycles. The van der Waals surface area contributed by atoms with Gasteiger partial charge in [0.05, 0.1) is 23.3 Å². The number of methoxy groups -OCH3 is 1. The van der Waals surface area contributed by atoms with E-state index in [1.165, 1.54) is 6.07 Å². The number of rotatable bonds is 3. The summed E-state index contributed by atoms with van der Waals surface area (Å²) < 4.78 is 50.8. The maximum absolute atomic E-state index is 12.5. The highest BCUT2D eigenvalue weighted by Gasteiger charge is 2.34. The van der Waals surface area contributed by atoms with Crippen molar-refractivity contribution in [3.63, 3.8) is 0 Å². The molecule has 5 nitrogen and oxygen atoms in total. The second kappa shape index (κ2) is 5.88. The summed E-state index contributed by atoms with van der Waals surface area (Å²) in [5, 5.41) is 3.33. The third-order valence-corrected chi connectivity index (χ3v) is 3.01. The van der Waals surface area contributed by atoms with Crippen molar-refractivity contribution in [1.29, 1.82) is 0 Å². The van der Waals surface area contributed by atoms with Crippen LogP contribution in [-0.4, -0.2) is 24.6 Å². The van der Waals surface area contributed by atoms with Crippen molar-refractivity contribution < 1.29 is 32.0 Å². The smallest absolute Gasteiger partial charge is 0.465 e. The molecule has 22 heavy (non-hydrogen) atoms. The van der Waals surface area contributed by atoms with Crippen molar-refractivity contribution in [3.05, 3.63) is 34.5 Å². The van der Waals surface area contributed by atoms with E-state index < -0.39 is 18.1 Å². The fourth-order valence-corrected chi connectivity index (χ4v) is 2.09. The van der Waals surface area contributed by atoms with Crippen molar-refractivity contribution in [2.45, 2.75) is 13.3 Å². The normalized spacial score (nSPS) is 11.4. The van der Waals surface area contributed by atoms with E-state index in [1.807, 2.05) is 0 Å². The average molecular weight is 336 g/mol. The molecule has 0 saturated carbocycles. The van der Waals surface area contributed by atoms with Crippen LogP contribution < -0.4 is 4.74 Å². The van der Waals surface area contributed by atoms with E-state index in [2.05, 4.69) is 14.6 Å². The maximum atomic E-state index is 12.5. The van der Waals surface area contributed by atoms with E-state index in [-0.39, 0.29) is 21.8 Å². The molecule has 0 saturated heterocycles. The molecule has 0 amide bonds. The highest BCUT2D eigenvalue weighted by Crippen LogP contribution is 2.40. The zero-order valence-corrected chi connectivity index (χ0v) is 12.1. The molecule has 2 aromatic rings. The third-order valence-electron chi connectivity index (χ3n) is 2.62. The second-order valence-corrected chi connectivity index (χ2v) is 4.54. The van der Waals surface area contributed by atoms with Crippen molar-refractivity contribution in [2.75, 3.05) is 7.11 Å². The number of benzene rings is 1. The quantitative estimate of drug-likeness (QED) is 0.794. The Kier molecular flexibility index (Phi) is 4.32. The molecule has 0 bridgehead atoms. The monoisotopic (exact) mass is 335 g/mol. The van der Waals surface area contributed by atoms with Crippen molar-refractivity contribution in [1.82, 2.24) is 5.16 Å². The zero-order chi connectivity index (χ0) is 16.5. The first-order valence-electron chi connectivity index (χ1n) is 5.83. The van der Waals surface area contributed by atoms with Crippen molar-refractivity contribution in [2.24, 2.45) is 0 Å². The topological polar surface area (TPSA) is 61.6 Å². The van der Waals surface area contributed by atoms with Gasteiger partial charge in [-0.25, -0.2) is 4.79 Å². The minimum Gasteiger partial charge on any atom is -0.465 e. The summed E-state index contributed by atoms with van der Waals surface area (Å²) in [6.07, 6.45) is -4.93. The minimum absolute atomic E-state index is 0.00695. The molecule has 118 valence electrons. The molecule has 0 unspecified atom stereocenters. The minimum atomic E-state index is -4.93. The van der Waals surface area contributed by atoms with Gasteiger partial charge in [0.1, 0.15) is 17.2 Å². The molecule has 1 aromatic carbocycles. The first-order valence-corrected chi connectivity index (χ1v) is 6.21. The predicted octanol–water partition coefficient (Wildman–Crippen LogP) is 3.99. The van der Waals surface area contributed by atoms with Crippen LogP contribution in [-0.2, 0) is 4.74 Å². The van der Waals surface area contributed by atoms with Gasteiger partial charge in [-0.2, -0.15) is 0 Å². The van der Waals surface area contributed by atoms with Crippen LogP contribution in [0.2, 0.25) is 5.02 Å². The van der Waals surface area contributed by atoms with Crippen LogP contribution >= 0.6 is 11.6 Å². The highest BCUT2D eigenvalue weighted by atomic mass is 35.5. The molecule has 0 aliphatic rings. The van der Waals surface area contributed by atoms with Crippen LogP contribution in [0.3, 0.4) is 0 Å². The molecule has 1 aromatic heterocycles. The fourth-order valence-electron chi connectivity index (χ4n) is 1.76. The summed E-state index contributed by atoms with van der Waals surface area (Å²) in [5.41, 5.74) is -0.319. The number of carbonyl (C=O) groups is 1. The van der Waals surface area contributed by atoms with E-state index in [0.717, 1.165) is 19.2 Å². The van der Waals surface area contributed by atoms with Crippen LogP contribution in [0.5, 0.6) is 5.75 Å². The summed E-state index contributed by atoms with van der Waals surface area (Å²) in [7, 11) is 1.12. The van der Waals surface area contributed by atoms with Gasteiger partial charge in [0, 0.05) is 6.07 Å². The number of ether oxygens (including phenoxy) is 2. The van der Waals surface area contributed by atoms with Crippen molar-refractivity contribution >= 4 is 17.6 Å². The number of aryl methyl sites for hydroxylation is 1. The Balaban J connectivity index is 2.65. The lowest BCUT2D eigenvalue weighted by Gasteiger charge is -2.14. The Morgan fingerprint density at radius 2 is 2.05 bits per heavy atom. The number of carbonyl (C=O) groups excluding carboxylic acids is 1. The van der Waals surface area contributed by atoms with E-state index in [1.54, 1.807) is 6.92 Å². The van der Waals surface area contributed by atoms with Gasteiger partial charge in [0.15, 0.2) is 0 Å². The first kappa shape index (κ1) is 16.2. The largest absolute Gasteiger partial charge is 0.573 e. The number of hydrogen-bond acceptors (Lipinski definition) is 5. The molecular weight excluding hydrogens is 327 g/mol. The number of alkyl halides is 3. The van der Waals surface area contributed by atoms with Gasteiger partial charge in [-0.1, -0.05) is 16.8 Å². The van der Waals surface area contributed by atoms with Gasteiger partial charge >= 0.3 is 12.3 Å². The number of esters is 1. The van der Waals surface area contributed by atoms with Crippen LogP contribution in [0.25, 0.3) is 11.3 Å². The molecule has 0 aliphatic heterocycles. The van der Waals surface area contributed by atoms with E-state index in [9.17, 15) is 18.0 Å². The van der Waals surface area contributed by atoms with Crippen LogP contribution in [0.15, 0.2) is 22.7 Å². The SMILES string of the molecule is COC(=O)c1ccc(OC(F)(F)F)c(-c2cc(C)on2)c1Cl. The Labute approximate surface area is 127 Å². The molecule has 9 heteroatoms. The predicted molar refractivity (Wildman–Crippen MR) is 69.7 cm³/mol. The molecule has 0 spiro atoms. The number of hydrogen-bond donors (Lipinski definition) is 0. The van der Waals surface area contributed by atoms with Crippen LogP contribution in [0.1, 0.15) is 16.1 Å². The fraction of sp³-hybridized carbons (Fsp3) is 0.231. The zero-order valence-electron chi connectivity index (χ0n) is 11.3. The third kappa shape index (κ3) is 3.33. The molecular formula is C13H9ClF3NO4. The van der Waals surface area contributed by atoms with Crippen molar-refractivity contribution in [3.8, 4) is 17.0 Å². The number of aromatic nitrogens is 1. The molecule has 0 N–H and O–H groups in total. The molecule has 1 heterocycles. The lowest BCUT2D eigenvalue weighted by molar-refractivity contribution is -0.274. The Morgan fingerprint density at radius 1 is 1.36 bits per heavy atom. The molecule has 0 fully saturated rings. The lowest BCUT2D eigenvalue weighted by atomic mass is 10.1. The van der Waals surface area contributed by atoms with Gasteiger partial charge in [-0.15, -0.1) is 13.2 Å². The number of nitrogens with zero attached hydrogens (tertiary/aromatic N) is 1. The van der Waals surface area contributed by atoms with Crippen LogP contribution in [0, 0.1) is 6.92 Å². The first-order chi connectivity index (χ1) is 10.2. The van der Waals surface area contributed by atoms with Gasteiger partial charge < -0.3 is 14.0 Å². The molecule has 2 rings (SSSR count). The Morgan fingerprint density at radius 3 is 2.55 bits per heavy atom. The van der Waals surface area contributed by atoms with Gasteiger partial charge in [0.25, 0.3) is 0 Å². The van der Waals surface area contributed by atoms with Crippen LogP contribution in [0.4, 0.5) is 13.2 Å². The van der Waals surface area contributed by atoms with Gasteiger partial charge in [0.2, 0.25) is 0 Å². The number of halogens is 4. The summed E-state index contributed by atoms with van der Waals surface area (Å²) in [4.78, 5) is 11.6. The molecule has 0 atom stereocenters. The van der Waals surface area contributed by atoms with Gasteiger partial charge in [-0.3, -0.25) is 0 Å². The lowest BCUT2D eigenvalue weighted by Crippen LogP contribution is -2.18. The highest BCUT2D eigenvalue weighted by molar-refractivity contribution is 6.36. The Bertz CT molecular complexity index is 712. The second-order valence-electron chi connectivity index (χ2n) is 4.16. The van der Waals surface area contributed by atoms with Gasteiger partial charge in [-0.05, 0) is 19.1 Å². The molecule has 0 radical (unpaired) electrons. The summed E-state index contributed by atoms with van der Waals surface area (Å²) >= 11 is 6.03.